The number of oxazole rings is 1. The highest BCUT2D eigenvalue weighted by Crippen LogP contribution is 2.23. The maximum absolute atomic E-state index is 9.57. The maximum atomic E-state index is 9.57. The molecule has 0 aliphatic carbocycles. The van der Waals surface area contributed by atoms with Gasteiger partial charge in [-0.2, -0.15) is 0 Å². The van der Waals surface area contributed by atoms with Crippen LogP contribution < -0.4 is 0 Å². The van der Waals surface area contributed by atoms with Crippen LogP contribution in [0.1, 0.15) is 32.2 Å². The van der Waals surface area contributed by atoms with E-state index in [-0.39, 0.29) is 6.10 Å². The fraction of sp³-hybridized carbons (Fsp3) is 0.533. The molecule has 0 bridgehead atoms. The third-order valence-corrected chi connectivity index (χ3v) is 3.21. The molecule has 2 heterocycles. The standard InChI is InChI=1S/C15H22N2O3/c1-10(2)17(8-11(3)18)9-13-12(4)20-15(16-13)14-6-5-7-19-14/h5-7,10-11,18H,8-9H2,1-4H3. The minimum Gasteiger partial charge on any atom is -0.459 e. The number of hydrogen-bond donors (Lipinski definition) is 1. The lowest BCUT2D eigenvalue weighted by atomic mass is 10.2. The second kappa shape index (κ2) is 6.24. The highest BCUT2D eigenvalue weighted by molar-refractivity contribution is 5.44. The summed E-state index contributed by atoms with van der Waals surface area (Å²) in [6, 6.07) is 3.96. The highest BCUT2D eigenvalue weighted by atomic mass is 16.4. The van der Waals surface area contributed by atoms with Crippen molar-refractivity contribution in [2.75, 3.05) is 6.54 Å². The average Bonchev–Trinajstić information content (AvgIpc) is 2.98. The SMILES string of the molecule is Cc1oc(-c2ccco2)nc1CN(CC(C)O)C(C)C. The molecule has 110 valence electrons. The van der Waals surface area contributed by atoms with Gasteiger partial charge in [0, 0.05) is 19.1 Å². The summed E-state index contributed by atoms with van der Waals surface area (Å²) in [4.78, 5) is 6.67. The number of nitrogens with zero attached hydrogens (tertiary/aromatic N) is 2. The van der Waals surface area contributed by atoms with Crippen LogP contribution >= 0.6 is 0 Å². The zero-order valence-electron chi connectivity index (χ0n) is 12.5. The van der Waals surface area contributed by atoms with Crippen molar-refractivity contribution in [1.29, 1.82) is 0 Å². The fourth-order valence-electron chi connectivity index (χ4n) is 2.07. The summed E-state index contributed by atoms with van der Waals surface area (Å²) in [6.45, 7) is 9.16. The molecular formula is C15H22N2O3. The van der Waals surface area contributed by atoms with E-state index in [4.69, 9.17) is 8.83 Å². The van der Waals surface area contributed by atoms with Gasteiger partial charge in [0.1, 0.15) is 5.76 Å². The predicted octanol–water partition coefficient (Wildman–Crippen LogP) is 2.83. The minimum atomic E-state index is -0.367. The van der Waals surface area contributed by atoms with E-state index in [2.05, 4.69) is 23.7 Å². The van der Waals surface area contributed by atoms with Crippen molar-refractivity contribution < 1.29 is 13.9 Å². The van der Waals surface area contributed by atoms with Crippen molar-refractivity contribution in [1.82, 2.24) is 9.88 Å². The molecule has 2 rings (SSSR count). The van der Waals surface area contributed by atoms with Gasteiger partial charge in [-0.15, -0.1) is 0 Å². The van der Waals surface area contributed by atoms with E-state index < -0.39 is 0 Å². The van der Waals surface area contributed by atoms with Gasteiger partial charge in [-0.05, 0) is 39.8 Å². The molecule has 0 aliphatic rings. The Balaban J connectivity index is 2.16. The summed E-state index contributed by atoms with van der Waals surface area (Å²) in [5, 5.41) is 9.57. The Morgan fingerprint density at radius 1 is 1.35 bits per heavy atom. The van der Waals surface area contributed by atoms with Crippen LogP contribution in [0.5, 0.6) is 0 Å². The summed E-state index contributed by atoms with van der Waals surface area (Å²) in [7, 11) is 0. The smallest absolute Gasteiger partial charge is 0.263 e. The molecule has 2 aromatic heterocycles. The van der Waals surface area contributed by atoms with E-state index in [1.165, 1.54) is 0 Å². The van der Waals surface area contributed by atoms with E-state index in [1.807, 2.05) is 19.1 Å². The molecule has 5 nitrogen and oxygen atoms in total. The number of aliphatic hydroxyl groups excluding tert-OH is 1. The van der Waals surface area contributed by atoms with Crippen LogP contribution in [0, 0.1) is 6.92 Å². The highest BCUT2D eigenvalue weighted by Gasteiger charge is 2.18. The Morgan fingerprint density at radius 3 is 2.65 bits per heavy atom. The Hall–Kier alpha value is -1.59. The van der Waals surface area contributed by atoms with Gasteiger partial charge in [0.15, 0.2) is 5.76 Å². The van der Waals surface area contributed by atoms with Crippen LogP contribution in [0.2, 0.25) is 0 Å². The van der Waals surface area contributed by atoms with Crippen molar-refractivity contribution in [2.45, 2.75) is 46.4 Å². The summed E-state index contributed by atoms with van der Waals surface area (Å²) in [6.07, 6.45) is 1.23. The number of hydrogen-bond acceptors (Lipinski definition) is 5. The summed E-state index contributed by atoms with van der Waals surface area (Å²) < 4.78 is 10.9. The first kappa shape index (κ1) is 14.8. The molecule has 1 N–H and O–H groups in total. The zero-order chi connectivity index (χ0) is 14.7. The minimum absolute atomic E-state index is 0.327. The number of aryl methyl sites for hydroxylation is 1. The summed E-state index contributed by atoms with van der Waals surface area (Å²) >= 11 is 0. The van der Waals surface area contributed by atoms with E-state index in [1.54, 1.807) is 13.2 Å². The van der Waals surface area contributed by atoms with Crippen LogP contribution in [0.3, 0.4) is 0 Å². The van der Waals surface area contributed by atoms with E-state index in [0.717, 1.165) is 11.5 Å². The third kappa shape index (κ3) is 3.49. The molecule has 5 heteroatoms. The molecule has 0 radical (unpaired) electrons. The van der Waals surface area contributed by atoms with Crippen LogP contribution in [-0.4, -0.2) is 33.7 Å². The van der Waals surface area contributed by atoms with Gasteiger partial charge < -0.3 is 13.9 Å². The van der Waals surface area contributed by atoms with Crippen molar-refractivity contribution in [3.63, 3.8) is 0 Å². The maximum Gasteiger partial charge on any atom is 0.263 e. The number of aliphatic hydroxyl groups is 1. The van der Waals surface area contributed by atoms with Gasteiger partial charge in [-0.3, -0.25) is 4.90 Å². The van der Waals surface area contributed by atoms with Crippen molar-refractivity contribution >= 4 is 0 Å². The molecule has 0 amide bonds. The van der Waals surface area contributed by atoms with Gasteiger partial charge in [-0.25, -0.2) is 4.98 Å². The lowest BCUT2D eigenvalue weighted by Gasteiger charge is -2.26. The molecule has 0 spiro atoms. The van der Waals surface area contributed by atoms with Crippen LogP contribution in [0.4, 0.5) is 0 Å². The van der Waals surface area contributed by atoms with Gasteiger partial charge >= 0.3 is 0 Å². The molecule has 1 unspecified atom stereocenters. The van der Waals surface area contributed by atoms with E-state index in [9.17, 15) is 5.11 Å². The predicted molar refractivity (Wildman–Crippen MR) is 76.2 cm³/mol. The second-order valence-corrected chi connectivity index (χ2v) is 5.37. The molecule has 0 saturated carbocycles. The molecule has 0 aliphatic heterocycles. The summed E-state index contributed by atoms with van der Waals surface area (Å²) in [5.41, 5.74) is 0.880. The van der Waals surface area contributed by atoms with Crippen molar-refractivity contribution in [2.24, 2.45) is 0 Å². The molecule has 2 aromatic rings. The summed E-state index contributed by atoms with van der Waals surface area (Å²) in [5.74, 6) is 1.92. The Labute approximate surface area is 119 Å². The van der Waals surface area contributed by atoms with Crippen LogP contribution in [0.25, 0.3) is 11.7 Å². The topological polar surface area (TPSA) is 62.6 Å². The van der Waals surface area contributed by atoms with Crippen LogP contribution in [-0.2, 0) is 6.54 Å². The monoisotopic (exact) mass is 278 g/mol. The van der Waals surface area contributed by atoms with Crippen molar-refractivity contribution in [3.05, 3.63) is 29.9 Å². The number of furan rings is 1. The first-order valence-electron chi connectivity index (χ1n) is 6.89. The third-order valence-electron chi connectivity index (χ3n) is 3.21. The van der Waals surface area contributed by atoms with Gasteiger partial charge in [0.05, 0.1) is 18.1 Å². The lowest BCUT2D eigenvalue weighted by molar-refractivity contribution is 0.102. The zero-order valence-corrected chi connectivity index (χ0v) is 12.5. The van der Waals surface area contributed by atoms with E-state index in [0.29, 0.717) is 30.8 Å². The first-order chi connectivity index (χ1) is 9.47. The molecule has 0 saturated heterocycles. The fourth-order valence-corrected chi connectivity index (χ4v) is 2.07. The molecule has 0 fully saturated rings. The Bertz CT molecular complexity index is 529. The molecular weight excluding hydrogens is 256 g/mol. The lowest BCUT2D eigenvalue weighted by Crippen LogP contribution is -2.36. The normalized spacial score (nSPS) is 13.3. The number of aromatic nitrogens is 1. The molecule has 20 heavy (non-hydrogen) atoms. The van der Waals surface area contributed by atoms with Gasteiger partial charge in [-0.1, -0.05) is 0 Å². The quantitative estimate of drug-likeness (QED) is 0.880. The first-order valence-corrected chi connectivity index (χ1v) is 6.89. The van der Waals surface area contributed by atoms with Crippen LogP contribution in [0.15, 0.2) is 27.2 Å². The average molecular weight is 278 g/mol. The largest absolute Gasteiger partial charge is 0.459 e. The van der Waals surface area contributed by atoms with Gasteiger partial charge in [0.25, 0.3) is 5.89 Å². The Morgan fingerprint density at radius 2 is 2.10 bits per heavy atom. The van der Waals surface area contributed by atoms with Crippen molar-refractivity contribution in [3.8, 4) is 11.7 Å². The van der Waals surface area contributed by atoms with E-state index >= 15 is 0 Å². The van der Waals surface area contributed by atoms with Gasteiger partial charge in [0.2, 0.25) is 0 Å². The Kier molecular flexibility index (Phi) is 4.62. The number of rotatable bonds is 6. The molecule has 0 aromatic carbocycles. The second-order valence-electron chi connectivity index (χ2n) is 5.37. The molecule has 1 atom stereocenters.